The molecule has 9 heteroatoms. The van der Waals surface area contributed by atoms with E-state index in [-0.39, 0.29) is 29.8 Å². The third-order valence-electron chi connectivity index (χ3n) is 4.03. The number of aromatic nitrogens is 2. The number of benzene rings is 2. The highest BCUT2D eigenvalue weighted by atomic mass is 19.1. The van der Waals surface area contributed by atoms with Gasteiger partial charge >= 0.3 is 5.97 Å². The smallest absolute Gasteiger partial charge is 0.347 e. The molecule has 0 fully saturated rings. The minimum Gasteiger partial charge on any atom is -0.463 e. The minimum absolute atomic E-state index is 0.00555. The highest BCUT2D eigenvalue weighted by molar-refractivity contribution is 5.91. The van der Waals surface area contributed by atoms with Crippen molar-refractivity contribution in [2.75, 3.05) is 6.61 Å². The van der Waals surface area contributed by atoms with Crippen molar-refractivity contribution < 1.29 is 28.2 Å². The van der Waals surface area contributed by atoms with E-state index >= 15 is 0 Å². The summed E-state index contributed by atoms with van der Waals surface area (Å²) < 4.78 is 29.1. The number of hydrogen-bond acceptors (Lipinski definition) is 7. The number of ether oxygens (including phenoxy) is 3. The number of nitrogens with two attached hydrogens (primary N) is 1. The average Bonchev–Trinajstić information content (AvgIpc) is 2.75. The van der Waals surface area contributed by atoms with E-state index in [9.17, 15) is 14.0 Å². The first kappa shape index (κ1) is 21.7. The van der Waals surface area contributed by atoms with Crippen LogP contribution in [0.25, 0.3) is 11.4 Å². The van der Waals surface area contributed by atoms with Gasteiger partial charge in [-0.05, 0) is 62.4 Å². The summed E-state index contributed by atoms with van der Waals surface area (Å²) in [6.07, 6.45) is -0.935. The maximum Gasteiger partial charge on any atom is 0.347 e. The van der Waals surface area contributed by atoms with Crippen LogP contribution in [0.3, 0.4) is 0 Å². The summed E-state index contributed by atoms with van der Waals surface area (Å²) in [7, 11) is 0. The van der Waals surface area contributed by atoms with Gasteiger partial charge in [0.2, 0.25) is 5.88 Å². The number of esters is 1. The molecule has 1 atom stereocenters. The SMILES string of the molecule is CCOC(=O)C(C)Oc1cc(C(N)=O)nc(-c2ccc(Oc3ccc(F)cc3)cc2)n1. The average molecular weight is 425 g/mol. The van der Waals surface area contributed by atoms with Crippen LogP contribution in [0.5, 0.6) is 17.4 Å². The first-order chi connectivity index (χ1) is 14.9. The molecule has 0 radical (unpaired) electrons. The lowest BCUT2D eigenvalue weighted by Crippen LogP contribution is -2.27. The van der Waals surface area contributed by atoms with E-state index in [0.717, 1.165) is 0 Å². The molecule has 1 amide bonds. The molecule has 0 spiro atoms. The van der Waals surface area contributed by atoms with Crippen LogP contribution in [-0.4, -0.2) is 34.6 Å². The van der Waals surface area contributed by atoms with Gasteiger partial charge in [0.25, 0.3) is 5.91 Å². The Hall–Kier alpha value is -4.01. The number of amides is 1. The zero-order valence-corrected chi connectivity index (χ0v) is 16.9. The number of hydrogen-bond donors (Lipinski definition) is 1. The maximum absolute atomic E-state index is 13.0. The van der Waals surface area contributed by atoms with Crippen LogP contribution in [0.2, 0.25) is 0 Å². The van der Waals surface area contributed by atoms with Crippen molar-refractivity contribution in [3.63, 3.8) is 0 Å². The Bertz CT molecular complexity index is 1070. The Morgan fingerprint density at radius 3 is 2.23 bits per heavy atom. The van der Waals surface area contributed by atoms with E-state index < -0.39 is 18.0 Å². The first-order valence-electron chi connectivity index (χ1n) is 9.41. The zero-order chi connectivity index (χ0) is 22.4. The van der Waals surface area contributed by atoms with Crippen LogP contribution < -0.4 is 15.2 Å². The van der Waals surface area contributed by atoms with E-state index in [0.29, 0.717) is 17.1 Å². The highest BCUT2D eigenvalue weighted by Gasteiger charge is 2.19. The topological polar surface area (TPSA) is 114 Å². The Labute approximate surface area is 177 Å². The van der Waals surface area contributed by atoms with E-state index in [1.807, 2.05) is 0 Å². The Kier molecular flexibility index (Phi) is 6.76. The summed E-state index contributed by atoms with van der Waals surface area (Å²) in [6, 6.07) is 13.6. The highest BCUT2D eigenvalue weighted by Crippen LogP contribution is 2.26. The Balaban J connectivity index is 1.83. The molecule has 0 aliphatic rings. The summed E-state index contributed by atoms with van der Waals surface area (Å²) >= 11 is 0. The molecule has 1 unspecified atom stereocenters. The second-order valence-corrected chi connectivity index (χ2v) is 6.37. The fraction of sp³-hybridized carbons (Fsp3) is 0.182. The normalized spacial score (nSPS) is 11.5. The summed E-state index contributed by atoms with van der Waals surface area (Å²) in [5, 5.41) is 0. The van der Waals surface area contributed by atoms with Crippen molar-refractivity contribution in [1.82, 2.24) is 9.97 Å². The number of carbonyl (C=O) groups is 2. The number of halogens is 1. The molecule has 1 aromatic heterocycles. The quantitative estimate of drug-likeness (QED) is 0.550. The third kappa shape index (κ3) is 5.75. The molecule has 1 heterocycles. The first-order valence-corrected chi connectivity index (χ1v) is 9.41. The monoisotopic (exact) mass is 425 g/mol. The van der Waals surface area contributed by atoms with Crippen molar-refractivity contribution in [3.05, 3.63) is 66.1 Å². The van der Waals surface area contributed by atoms with Gasteiger partial charge in [0.1, 0.15) is 23.0 Å². The molecule has 0 aliphatic heterocycles. The van der Waals surface area contributed by atoms with Gasteiger partial charge in [-0.1, -0.05) is 0 Å². The van der Waals surface area contributed by atoms with Crippen LogP contribution in [0.1, 0.15) is 24.3 Å². The van der Waals surface area contributed by atoms with Crippen molar-refractivity contribution in [2.45, 2.75) is 20.0 Å². The van der Waals surface area contributed by atoms with Crippen LogP contribution in [0, 0.1) is 5.82 Å². The van der Waals surface area contributed by atoms with E-state index in [1.54, 1.807) is 31.2 Å². The minimum atomic E-state index is -0.935. The van der Waals surface area contributed by atoms with Gasteiger partial charge in [0, 0.05) is 11.6 Å². The van der Waals surface area contributed by atoms with Gasteiger partial charge in [-0.15, -0.1) is 0 Å². The molecular weight excluding hydrogens is 405 g/mol. The second-order valence-electron chi connectivity index (χ2n) is 6.37. The van der Waals surface area contributed by atoms with Crippen molar-refractivity contribution >= 4 is 11.9 Å². The van der Waals surface area contributed by atoms with Gasteiger partial charge in [-0.2, -0.15) is 4.98 Å². The van der Waals surface area contributed by atoms with E-state index in [1.165, 1.54) is 37.3 Å². The van der Waals surface area contributed by atoms with Crippen LogP contribution in [0.15, 0.2) is 54.6 Å². The van der Waals surface area contributed by atoms with Crippen LogP contribution in [-0.2, 0) is 9.53 Å². The lowest BCUT2D eigenvalue weighted by atomic mass is 10.2. The number of rotatable bonds is 8. The Morgan fingerprint density at radius 1 is 1.03 bits per heavy atom. The summed E-state index contributed by atoms with van der Waals surface area (Å²) in [5.41, 5.74) is 5.86. The third-order valence-corrected chi connectivity index (χ3v) is 4.03. The molecule has 2 aromatic carbocycles. The maximum atomic E-state index is 13.0. The van der Waals surface area contributed by atoms with Crippen molar-refractivity contribution in [3.8, 4) is 28.8 Å². The molecule has 160 valence electrons. The lowest BCUT2D eigenvalue weighted by molar-refractivity contribution is -0.150. The van der Waals surface area contributed by atoms with Gasteiger partial charge in [-0.3, -0.25) is 4.79 Å². The summed E-state index contributed by atoms with van der Waals surface area (Å²) in [4.78, 5) is 31.9. The molecule has 3 rings (SSSR count). The molecule has 3 aromatic rings. The molecule has 0 saturated carbocycles. The summed E-state index contributed by atoms with van der Waals surface area (Å²) in [5.74, 6) is -0.524. The largest absolute Gasteiger partial charge is 0.463 e. The zero-order valence-electron chi connectivity index (χ0n) is 16.9. The van der Waals surface area contributed by atoms with Gasteiger partial charge < -0.3 is 19.9 Å². The molecule has 0 saturated heterocycles. The molecule has 0 aliphatic carbocycles. The molecule has 31 heavy (non-hydrogen) atoms. The molecule has 2 N–H and O–H groups in total. The van der Waals surface area contributed by atoms with Gasteiger partial charge in [0.15, 0.2) is 11.9 Å². The predicted molar refractivity (Wildman–Crippen MR) is 109 cm³/mol. The van der Waals surface area contributed by atoms with Gasteiger partial charge in [0.05, 0.1) is 6.61 Å². The van der Waals surface area contributed by atoms with Gasteiger partial charge in [-0.25, -0.2) is 14.2 Å². The lowest BCUT2D eigenvalue weighted by Gasteiger charge is -2.14. The Morgan fingerprint density at radius 2 is 1.65 bits per heavy atom. The second kappa shape index (κ2) is 9.66. The number of nitrogens with zero attached hydrogens (tertiary/aromatic N) is 2. The van der Waals surface area contributed by atoms with E-state index in [4.69, 9.17) is 19.9 Å². The predicted octanol–water partition coefficient (Wildman–Crippen LogP) is 3.50. The van der Waals surface area contributed by atoms with Crippen molar-refractivity contribution in [1.29, 1.82) is 0 Å². The van der Waals surface area contributed by atoms with Crippen LogP contribution in [0.4, 0.5) is 4.39 Å². The number of primary amides is 1. The fourth-order valence-corrected chi connectivity index (χ4v) is 2.54. The van der Waals surface area contributed by atoms with Crippen molar-refractivity contribution in [2.24, 2.45) is 5.73 Å². The number of carbonyl (C=O) groups excluding carboxylic acids is 2. The standard InChI is InChI=1S/C22H20FN3O5/c1-3-29-22(28)13(2)30-19-12-18(20(24)27)25-21(26-19)14-4-8-16(9-5-14)31-17-10-6-15(23)7-11-17/h4-13H,3H2,1-2H3,(H2,24,27). The fourth-order valence-electron chi connectivity index (χ4n) is 2.54. The van der Waals surface area contributed by atoms with E-state index in [2.05, 4.69) is 9.97 Å². The summed E-state index contributed by atoms with van der Waals surface area (Å²) in [6.45, 7) is 3.40. The van der Waals surface area contributed by atoms with Crippen LogP contribution >= 0.6 is 0 Å². The molecule has 8 nitrogen and oxygen atoms in total. The molecule has 0 bridgehead atoms. The molecular formula is C22H20FN3O5.